The van der Waals surface area contributed by atoms with Crippen LogP contribution in [0.1, 0.15) is 41.4 Å². The van der Waals surface area contributed by atoms with Crippen LogP contribution < -0.4 is 0 Å². The zero-order chi connectivity index (χ0) is 6.55. The van der Waals surface area contributed by atoms with Crippen molar-refractivity contribution in [2.45, 2.75) is 38.5 Å². The molecular weight excluding hydrogens is 257 g/mol. The Hall–Kier alpha value is 1.57. The van der Waals surface area contributed by atoms with E-state index < -0.39 is 0 Å². The fourth-order valence-corrected chi connectivity index (χ4v) is 3.98. The van der Waals surface area contributed by atoms with Crippen molar-refractivity contribution >= 4 is 48.9 Å². The molecular formula is C10H18Ba. The van der Waals surface area contributed by atoms with Crippen LogP contribution in [0.4, 0.5) is 0 Å². The van der Waals surface area contributed by atoms with Crippen LogP contribution in [0.2, 0.25) is 0 Å². The molecule has 0 unspecified atom stereocenters. The maximum Gasteiger partial charge on any atom is 2.00 e. The maximum absolute atomic E-state index is 1.60. The SMILES string of the molecule is C1C2CC3CC1CC(C2)C3.[Ba+2].[H-].[H-]. The molecule has 0 nitrogen and oxygen atoms in total. The summed E-state index contributed by atoms with van der Waals surface area (Å²) in [5.74, 6) is 4.71. The summed E-state index contributed by atoms with van der Waals surface area (Å²) in [6.07, 6.45) is 9.62. The second-order valence-corrected chi connectivity index (χ2v) is 4.88. The molecule has 1 heteroatoms. The summed E-state index contributed by atoms with van der Waals surface area (Å²) < 4.78 is 0. The molecule has 11 heavy (non-hydrogen) atoms. The van der Waals surface area contributed by atoms with Gasteiger partial charge < -0.3 is 2.85 Å². The predicted molar refractivity (Wildman–Crippen MR) is 49.6 cm³/mol. The van der Waals surface area contributed by atoms with Gasteiger partial charge in [-0.1, -0.05) is 0 Å². The van der Waals surface area contributed by atoms with E-state index in [-0.39, 0.29) is 51.7 Å². The van der Waals surface area contributed by atoms with Gasteiger partial charge in [-0.3, -0.25) is 0 Å². The Bertz CT molecular complexity index is 104. The molecule has 4 saturated carbocycles. The zero-order valence-electron chi connectivity index (χ0n) is 9.26. The van der Waals surface area contributed by atoms with Gasteiger partial charge in [-0.15, -0.1) is 0 Å². The van der Waals surface area contributed by atoms with E-state index in [1.54, 1.807) is 38.5 Å². The molecule has 0 aromatic carbocycles. The van der Waals surface area contributed by atoms with Crippen molar-refractivity contribution in [2.75, 3.05) is 0 Å². The first-order valence-electron chi connectivity index (χ1n) is 4.90. The second-order valence-electron chi connectivity index (χ2n) is 4.88. The van der Waals surface area contributed by atoms with Gasteiger partial charge in [0.25, 0.3) is 0 Å². The van der Waals surface area contributed by atoms with Crippen LogP contribution in [0.5, 0.6) is 0 Å². The van der Waals surface area contributed by atoms with Crippen molar-refractivity contribution in [3.8, 4) is 0 Å². The molecule has 60 valence electrons. The first-order chi connectivity index (χ1) is 4.90. The van der Waals surface area contributed by atoms with Crippen LogP contribution in [0, 0.1) is 23.7 Å². The third-order valence-electron chi connectivity index (χ3n) is 4.00. The van der Waals surface area contributed by atoms with Crippen LogP contribution in [-0.4, -0.2) is 48.9 Å². The molecule has 4 bridgehead atoms. The van der Waals surface area contributed by atoms with Crippen LogP contribution in [0.15, 0.2) is 0 Å². The third-order valence-corrected chi connectivity index (χ3v) is 4.00. The smallest absolute Gasteiger partial charge is 1.00 e. The standard InChI is InChI=1S/C10H16.Ba.2H/c1-7-2-9-4-8(1)5-10(3-7)6-9;;;/h7-10H,1-6H2;;;/q;+2;2*-1. The predicted octanol–water partition coefficient (Wildman–Crippen LogP) is 2.68. The van der Waals surface area contributed by atoms with Gasteiger partial charge in [0.05, 0.1) is 0 Å². The Morgan fingerprint density at radius 2 is 0.727 bits per heavy atom. The summed E-state index contributed by atoms with van der Waals surface area (Å²) in [5, 5.41) is 0. The van der Waals surface area contributed by atoms with E-state index in [1.165, 1.54) is 23.7 Å². The molecule has 0 heterocycles. The van der Waals surface area contributed by atoms with E-state index in [4.69, 9.17) is 0 Å². The number of hydrogen-bond acceptors (Lipinski definition) is 0. The van der Waals surface area contributed by atoms with Crippen LogP contribution in [0.3, 0.4) is 0 Å². The largest absolute Gasteiger partial charge is 2.00 e. The first kappa shape index (κ1) is 9.14. The molecule has 0 spiro atoms. The summed E-state index contributed by atoms with van der Waals surface area (Å²) in [6, 6.07) is 0. The Balaban J connectivity index is 0.000000480. The molecule has 4 aliphatic carbocycles. The Labute approximate surface area is 113 Å². The van der Waals surface area contributed by atoms with Gasteiger partial charge in [0.15, 0.2) is 0 Å². The van der Waals surface area contributed by atoms with E-state index in [1.807, 2.05) is 0 Å². The molecule has 0 atom stereocenters. The molecule has 0 saturated heterocycles. The fourth-order valence-electron chi connectivity index (χ4n) is 3.98. The minimum Gasteiger partial charge on any atom is -1.00 e. The Morgan fingerprint density at radius 3 is 0.909 bits per heavy atom. The minimum absolute atomic E-state index is 0. The average Bonchev–Trinajstić information content (AvgIpc) is 1.82. The zero-order valence-corrected chi connectivity index (χ0v) is 11.7. The molecule has 0 aliphatic heterocycles. The molecule has 0 N–H and O–H groups in total. The van der Waals surface area contributed by atoms with Crippen molar-refractivity contribution in [3.63, 3.8) is 0 Å². The van der Waals surface area contributed by atoms with Gasteiger partial charge in [0.2, 0.25) is 0 Å². The normalized spacial score (nSPS) is 52.4. The van der Waals surface area contributed by atoms with Crippen molar-refractivity contribution in [3.05, 3.63) is 0 Å². The van der Waals surface area contributed by atoms with Gasteiger partial charge >= 0.3 is 48.9 Å². The van der Waals surface area contributed by atoms with E-state index in [0.29, 0.717) is 0 Å². The molecule has 0 aromatic rings. The van der Waals surface area contributed by atoms with Crippen molar-refractivity contribution in [1.82, 2.24) is 0 Å². The van der Waals surface area contributed by atoms with Crippen LogP contribution in [0.25, 0.3) is 0 Å². The van der Waals surface area contributed by atoms with Crippen LogP contribution >= 0.6 is 0 Å². The van der Waals surface area contributed by atoms with Crippen LogP contribution in [-0.2, 0) is 0 Å². The van der Waals surface area contributed by atoms with Gasteiger partial charge in [-0.25, -0.2) is 0 Å². The molecule has 4 fully saturated rings. The molecule has 0 aromatic heterocycles. The molecule has 0 amide bonds. The van der Waals surface area contributed by atoms with E-state index in [0.717, 1.165) is 0 Å². The number of hydrogen-bond donors (Lipinski definition) is 0. The van der Waals surface area contributed by atoms with E-state index in [2.05, 4.69) is 0 Å². The molecule has 4 rings (SSSR count). The quantitative estimate of drug-likeness (QED) is 0.596. The van der Waals surface area contributed by atoms with Gasteiger partial charge in [-0.2, -0.15) is 0 Å². The first-order valence-corrected chi connectivity index (χ1v) is 4.90. The Morgan fingerprint density at radius 1 is 0.545 bits per heavy atom. The molecule has 4 aliphatic rings. The summed E-state index contributed by atoms with van der Waals surface area (Å²) in [6.45, 7) is 0. The topological polar surface area (TPSA) is 0 Å². The van der Waals surface area contributed by atoms with Crippen molar-refractivity contribution in [2.24, 2.45) is 23.7 Å². The summed E-state index contributed by atoms with van der Waals surface area (Å²) >= 11 is 0. The van der Waals surface area contributed by atoms with E-state index in [9.17, 15) is 0 Å². The maximum atomic E-state index is 1.60. The van der Waals surface area contributed by atoms with E-state index >= 15 is 0 Å². The minimum atomic E-state index is 0. The summed E-state index contributed by atoms with van der Waals surface area (Å²) in [4.78, 5) is 0. The van der Waals surface area contributed by atoms with Crippen molar-refractivity contribution < 1.29 is 2.85 Å². The van der Waals surface area contributed by atoms with Gasteiger partial charge in [-0.05, 0) is 62.2 Å². The van der Waals surface area contributed by atoms with Crippen molar-refractivity contribution in [1.29, 1.82) is 0 Å². The fraction of sp³-hybridized carbons (Fsp3) is 1.00. The monoisotopic (exact) mass is 276 g/mol. The third kappa shape index (κ3) is 1.62. The average molecular weight is 276 g/mol. The summed E-state index contributed by atoms with van der Waals surface area (Å²) in [7, 11) is 0. The van der Waals surface area contributed by atoms with Gasteiger partial charge in [0, 0.05) is 0 Å². The number of rotatable bonds is 0. The molecule has 0 radical (unpaired) electrons. The van der Waals surface area contributed by atoms with Gasteiger partial charge in [0.1, 0.15) is 0 Å². The second kappa shape index (κ2) is 3.38. The summed E-state index contributed by atoms with van der Waals surface area (Å²) in [5.41, 5.74) is 0. The Kier molecular flexibility index (Phi) is 2.80.